The summed E-state index contributed by atoms with van der Waals surface area (Å²) in [6.07, 6.45) is 2.86. The Balaban J connectivity index is 2.94. The molecule has 0 bridgehead atoms. The van der Waals surface area contributed by atoms with Crippen molar-refractivity contribution < 1.29 is 14.3 Å². The second-order valence-corrected chi connectivity index (χ2v) is 3.56. The molecule has 0 spiro atoms. The van der Waals surface area contributed by atoms with Crippen molar-refractivity contribution in [1.29, 1.82) is 0 Å². The molecule has 0 amide bonds. The Morgan fingerprint density at radius 1 is 1.38 bits per heavy atom. The Hall–Kier alpha value is -1.61. The molecule has 0 fully saturated rings. The summed E-state index contributed by atoms with van der Waals surface area (Å²) in [6.45, 7) is 1.45. The van der Waals surface area contributed by atoms with Gasteiger partial charge >= 0.3 is 5.97 Å². The number of rotatable bonds is 3. The molecular weight excluding hydrogens is 228 g/mol. The first kappa shape index (κ1) is 12.5. The maximum absolute atomic E-state index is 11.1. The van der Waals surface area contributed by atoms with Crippen molar-refractivity contribution in [3.05, 3.63) is 40.4 Å². The maximum Gasteiger partial charge on any atom is 0.330 e. The SMILES string of the molecule is COC(=O)C=Cc1ccc(C(C)=O)c(Cl)c1. The van der Waals surface area contributed by atoms with Crippen LogP contribution in [0.5, 0.6) is 0 Å². The van der Waals surface area contributed by atoms with Gasteiger partial charge in [-0.15, -0.1) is 0 Å². The Morgan fingerprint density at radius 3 is 2.56 bits per heavy atom. The molecule has 1 aromatic carbocycles. The van der Waals surface area contributed by atoms with Crippen molar-refractivity contribution in [2.24, 2.45) is 0 Å². The van der Waals surface area contributed by atoms with E-state index in [1.807, 2.05) is 0 Å². The second kappa shape index (κ2) is 5.47. The molecule has 16 heavy (non-hydrogen) atoms. The largest absolute Gasteiger partial charge is 0.466 e. The van der Waals surface area contributed by atoms with Crippen molar-refractivity contribution in [3.63, 3.8) is 0 Å². The third-order valence-corrected chi connectivity index (χ3v) is 2.30. The molecule has 0 atom stereocenters. The molecule has 0 aliphatic heterocycles. The Morgan fingerprint density at radius 2 is 2.06 bits per heavy atom. The van der Waals surface area contributed by atoms with Crippen molar-refractivity contribution in [2.75, 3.05) is 7.11 Å². The first-order valence-corrected chi connectivity index (χ1v) is 4.99. The highest BCUT2D eigenvalue weighted by Gasteiger charge is 2.05. The van der Waals surface area contributed by atoms with E-state index in [1.165, 1.54) is 20.1 Å². The van der Waals surface area contributed by atoms with Crippen molar-refractivity contribution >= 4 is 29.4 Å². The monoisotopic (exact) mass is 238 g/mol. The number of carbonyl (C=O) groups excluding carboxylic acids is 2. The number of esters is 1. The lowest BCUT2D eigenvalue weighted by Gasteiger charge is -2.00. The smallest absolute Gasteiger partial charge is 0.330 e. The third kappa shape index (κ3) is 3.21. The zero-order chi connectivity index (χ0) is 12.1. The van der Waals surface area contributed by atoms with Gasteiger partial charge in [0, 0.05) is 11.6 Å². The van der Waals surface area contributed by atoms with E-state index in [2.05, 4.69) is 4.74 Å². The average molecular weight is 239 g/mol. The fraction of sp³-hybridized carbons (Fsp3) is 0.167. The van der Waals surface area contributed by atoms with E-state index in [0.29, 0.717) is 10.6 Å². The Bertz CT molecular complexity index is 450. The molecule has 4 heteroatoms. The highest BCUT2D eigenvalue weighted by molar-refractivity contribution is 6.34. The lowest BCUT2D eigenvalue weighted by molar-refractivity contribution is -0.134. The molecule has 0 saturated heterocycles. The number of Topliss-reactive ketones (excluding diaryl/α,β-unsaturated/α-hetero) is 1. The van der Waals surface area contributed by atoms with E-state index in [4.69, 9.17) is 11.6 Å². The summed E-state index contributed by atoms with van der Waals surface area (Å²) in [6, 6.07) is 4.96. The van der Waals surface area contributed by atoms with Crippen LogP contribution >= 0.6 is 11.6 Å². The van der Waals surface area contributed by atoms with Crippen LogP contribution in [0.3, 0.4) is 0 Å². The second-order valence-electron chi connectivity index (χ2n) is 3.15. The van der Waals surface area contributed by atoms with Gasteiger partial charge in [-0.05, 0) is 30.7 Å². The number of ketones is 1. The van der Waals surface area contributed by atoms with E-state index in [9.17, 15) is 9.59 Å². The van der Waals surface area contributed by atoms with E-state index < -0.39 is 5.97 Å². The molecule has 0 unspecified atom stereocenters. The van der Waals surface area contributed by atoms with Gasteiger partial charge in [-0.25, -0.2) is 4.79 Å². The topological polar surface area (TPSA) is 43.4 Å². The Kier molecular flexibility index (Phi) is 4.26. The van der Waals surface area contributed by atoms with Gasteiger partial charge in [0.15, 0.2) is 5.78 Å². The number of methoxy groups -OCH3 is 1. The molecule has 3 nitrogen and oxygen atoms in total. The summed E-state index contributed by atoms with van der Waals surface area (Å²) in [5, 5.41) is 0.375. The fourth-order valence-electron chi connectivity index (χ4n) is 1.15. The number of hydrogen-bond acceptors (Lipinski definition) is 3. The van der Waals surface area contributed by atoms with Crippen molar-refractivity contribution in [3.8, 4) is 0 Å². The van der Waals surface area contributed by atoms with Gasteiger partial charge in [0.1, 0.15) is 0 Å². The highest BCUT2D eigenvalue weighted by Crippen LogP contribution is 2.19. The van der Waals surface area contributed by atoms with Crippen LogP contribution < -0.4 is 0 Å². The minimum absolute atomic E-state index is 0.0894. The Labute approximate surface area is 98.7 Å². The summed E-state index contributed by atoms with van der Waals surface area (Å²) < 4.78 is 4.45. The highest BCUT2D eigenvalue weighted by atomic mass is 35.5. The number of hydrogen-bond donors (Lipinski definition) is 0. The van der Waals surface area contributed by atoms with Crippen LogP contribution in [-0.2, 0) is 9.53 Å². The van der Waals surface area contributed by atoms with Gasteiger partial charge in [0.2, 0.25) is 0 Å². The molecule has 1 aromatic rings. The summed E-state index contributed by atoms with van der Waals surface area (Å²) in [4.78, 5) is 22.0. The number of benzene rings is 1. The fourth-order valence-corrected chi connectivity index (χ4v) is 1.47. The number of carbonyl (C=O) groups is 2. The lowest BCUT2D eigenvalue weighted by Crippen LogP contribution is -1.94. The molecule has 0 N–H and O–H groups in total. The van der Waals surface area contributed by atoms with E-state index in [0.717, 1.165) is 5.56 Å². The average Bonchev–Trinajstić information content (AvgIpc) is 2.25. The molecule has 0 aliphatic rings. The van der Waals surface area contributed by atoms with Crippen LogP contribution in [0, 0.1) is 0 Å². The van der Waals surface area contributed by atoms with Crippen molar-refractivity contribution in [2.45, 2.75) is 6.92 Å². The summed E-state index contributed by atoms with van der Waals surface area (Å²) in [5.41, 5.74) is 1.21. The standard InChI is InChI=1S/C12H11ClO3/c1-8(14)10-5-3-9(7-11(10)13)4-6-12(15)16-2/h3-7H,1-2H3. The van der Waals surface area contributed by atoms with Gasteiger partial charge < -0.3 is 4.74 Å². The number of ether oxygens (including phenoxy) is 1. The summed E-state index contributed by atoms with van der Waals surface area (Å²) in [7, 11) is 1.30. The zero-order valence-electron chi connectivity index (χ0n) is 8.99. The molecule has 0 saturated carbocycles. The molecule has 1 rings (SSSR count). The van der Waals surface area contributed by atoms with Crippen LogP contribution in [0.25, 0.3) is 6.08 Å². The van der Waals surface area contributed by atoms with E-state index in [-0.39, 0.29) is 5.78 Å². The maximum atomic E-state index is 11.1. The van der Waals surface area contributed by atoms with Crippen LogP contribution in [0.2, 0.25) is 5.02 Å². The quantitative estimate of drug-likeness (QED) is 0.462. The summed E-state index contributed by atoms with van der Waals surface area (Å²) >= 11 is 5.90. The third-order valence-electron chi connectivity index (χ3n) is 1.99. The van der Waals surface area contributed by atoms with Gasteiger partial charge in [-0.3, -0.25) is 4.79 Å². The van der Waals surface area contributed by atoms with Gasteiger partial charge in [0.05, 0.1) is 12.1 Å². The predicted octanol–water partition coefficient (Wildman–Crippen LogP) is 2.73. The van der Waals surface area contributed by atoms with Gasteiger partial charge in [-0.1, -0.05) is 17.7 Å². The minimum atomic E-state index is -0.438. The van der Waals surface area contributed by atoms with E-state index >= 15 is 0 Å². The van der Waals surface area contributed by atoms with Crippen LogP contribution in [0.4, 0.5) is 0 Å². The molecule has 0 aromatic heterocycles. The minimum Gasteiger partial charge on any atom is -0.466 e. The molecule has 0 heterocycles. The van der Waals surface area contributed by atoms with Crippen LogP contribution in [0.15, 0.2) is 24.3 Å². The molecular formula is C12H11ClO3. The first-order valence-electron chi connectivity index (χ1n) is 4.61. The van der Waals surface area contributed by atoms with Crippen LogP contribution in [-0.4, -0.2) is 18.9 Å². The summed E-state index contributed by atoms with van der Waals surface area (Å²) in [5.74, 6) is -0.528. The lowest BCUT2D eigenvalue weighted by atomic mass is 10.1. The van der Waals surface area contributed by atoms with Gasteiger partial charge in [0.25, 0.3) is 0 Å². The number of halogens is 1. The molecule has 0 aliphatic carbocycles. The predicted molar refractivity (Wildman–Crippen MR) is 62.5 cm³/mol. The molecule has 0 radical (unpaired) electrons. The first-order chi connectivity index (χ1) is 7.54. The normalized spacial score (nSPS) is 10.4. The van der Waals surface area contributed by atoms with Crippen molar-refractivity contribution in [1.82, 2.24) is 0 Å². The van der Waals surface area contributed by atoms with E-state index in [1.54, 1.807) is 24.3 Å². The zero-order valence-corrected chi connectivity index (χ0v) is 9.75. The van der Waals surface area contributed by atoms with Gasteiger partial charge in [-0.2, -0.15) is 0 Å². The molecule has 84 valence electrons. The van der Waals surface area contributed by atoms with Crippen LogP contribution in [0.1, 0.15) is 22.8 Å².